The summed E-state index contributed by atoms with van der Waals surface area (Å²) >= 11 is 6.10. The van der Waals surface area contributed by atoms with Crippen molar-refractivity contribution in [1.29, 1.82) is 0 Å². The van der Waals surface area contributed by atoms with Gasteiger partial charge in [-0.2, -0.15) is 0 Å². The first-order valence-electron chi connectivity index (χ1n) is 8.47. The molecular weight excluding hydrogens is 368 g/mol. The Kier molecular flexibility index (Phi) is 6.64. The molecule has 4 N–H and O–H groups in total. The highest BCUT2D eigenvalue weighted by molar-refractivity contribution is 6.31. The van der Waals surface area contributed by atoms with Gasteiger partial charge in [0.05, 0.1) is 12.1 Å². The van der Waals surface area contributed by atoms with Gasteiger partial charge >= 0.3 is 0 Å². The average Bonchev–Trinajstić information content (AvgIpc) is 3.01. The number of aromatic amines is 1. The molecule has 0 saturated carbocycles. The van der Waals surface area contributed by atoms with E-state index in [9.17, 15) is 14.7 Å². The predicted octanol–water partition coefficient (Wildman–Crippen LogP) is 2.48. The second-order valence-electron chi connectivity index (χ2n) is 7.31. The lowest BCUT2D eigenvalue weighted by atomic mass is 10.1. The van der Waals surface area contributed by atoms with Crippen molar-refractivity contribution in [3.63, 3.8) is 0 Å². The lowest BCUT2D eigenvalue weighted by Crippen LogP contribution is -2.46. The molecule has 0 aliphatic rings. The Labute approximate surface area is 163 Å². The Balaban J connectivity index is 2.14. The summed E-state index contributed by atoms with van der Waals surface area (Å²) in [6.45, 7) is 3.89. The molecule has 0 bridgehead atoms. The molecule has 1 heterocycles. The number of aromatic nitrogens is 1. The molecule has 1 aromatic heterocycles. The number of carbonyl (C=O) groups excluding carboxylic acids is 2. The number of halogens is 1. The monoisotopic (exact) mass is 392 g/mol. The van der Waals surface area contributed by atoms with Crippen LogP contribution in [0.25, 0.3) is 0 Å². The topological polar surface area (TPSA) is 97.5 Å². The van der Waals surface area contributed by atoms with Gasteiger partial charge in [-0.3, -0.25) is 9.59 Å². The van der Waals surface area contributed by atoms with Gasteiger partial charge in [0.1, 0.15) is 5.69 Å². The Morgan fingerprint density at radius 2 is 1.89 bits per heavy atom. The van der Waals surface area contributed by atoms with Crippen molar-refractivity contribution in [2.75, 3.05) is 26.0 Å². The summed E-state index contributed by atoms with van der Waals surface area (Å²) in [5.74, 6) is -0.718. The Hall–Kier alpha value is -2.35. The van der Waals surface area contributed by atoms with Crippen LogP contribution in [0, 0.1) is 0 Å². The molecule has 2 rings (SSSR count). The van der Waals surface area contributed by atoms with Gasteiger partial charge in [-0.1, -0.05) is 11.6 Å². The van der Waals surface area contributed by atoms with E-state index in [1.807, 2.05) is 25.1 Å². The molecule has 146 valence electrons. The number of hydrogen-bond donors (Lipinski definition) is 4. The lowest BCUT2D eigenvalue weighted by Gasteiger charge is -2.23. The SMILES string of the molecule is CN(C)Cc1ccc(C(=O)Nc2cc(Cl)cc(C(=O)NC(C)(C)CO)c2)[nH]1. The molecule has 0 unspecified atom stereocenters. The number of rotatable bonds is 7. The molecule has 1 aromatic carbocycles. The van der Waals surface area contributed by atoms with Crippen molar-refractivity contribution in [2.45, 2.75) is 25.9 Å². The molecule has 2 aromatic rings. The van der Waals surface area contributed by atoms with E-state index >= 15 is 0 Å². The second kappa shape index (κ2) is 8.56. The van der Waals surface area contributed by atoms with Gasteiger partial charge in [0.25, 0.3) is 11.8 Å². The number of anilines is 1. The third kappa shape index (κ3) is 6.09. The number of benzene rings is 1. The molecule has 27 heavy (non-hydrogen) atoms. The average molecular weight is 393 g/mol. The summed E-state index contributed by atoms with van der Waals surface area (Å²) in [6, 6.07) is 8.16. The maximum atomic E-state index is 12.4. The van der Waals surface area contributed by atoms with Crippen LogP contribution in [0.1, 0.15) is 40.4 Å². The van der Waals surface area contributed by atoms with Gasteiger partial charge in [0.2, 0.25) is 0 Å². The maximum absolute atomic E-state index is 12.4. The minimum atomic E-state index is -0.768. The molecular formula is C19H25ClN4O3. The minimum absolute atomic E-state index is 0.203. The van der Waals surface area contributed by atoms with E-state index in [2.05, 4.69) is 15.6 Å². The number of aliphatic hydroxyl groups excluding tert-OH is 1. The fourth-order valence-electron chi connectivity index (χ4n) is 2.42. The van der Waals surface area contributed by atoms with E-state index in [0.717, 1.165) is 5.69 Å². The maximum Gasteiger partial charge on any atom is 0.272 e. The van der Waals surface area contributed by atoms with Crippen molar-refractivity contribution in [3.8, 4) is 0 Å². The molecule has 0 atom stereocenters. The normalized spacial score (nSPS) is 11.5. The molecule has 0 radical (unpaired) electrons. The summed E-state index contributed by atoms with van der Waals surface area (Å²) in [4.78, 5) is 29.9. The van der Waals surface area contributed by atoms with Crippen molar-refractivity contribution < 1.29 is 14.7 Å². The van der Waals surface area contributed by atoms with Crippen LogP contribution >= 0.6 is 11.6 Å². The number of nitrogens with zero attached hydrogens (tertiary/aromatic N) is 1. The zero-order chi connectivity index (χ0) is 20.2. The standard InChI is InChI=1S/C19H25ClN4O3/c1-19(2,11-25)23-17(26)12-7-13(20)9-15(8-12)22-18(27)16-6-5-14(21-16)10-24(3)4/h5-9,21,25H,10-11H2,1-4H3,(H,22,27)(H,23,26). The summed E-state index contributed by atoms with van der Waals surface area (Å²) in [5, 5.41) is 15.1. The van der Waals surface area contributed by atoms with Crippen LogP contribution in [0.5, 0.6) is 0 Å². The zero-order valence-corrected chi connectivity index (χ0v) is 16.6. The zero-order valence-electron chi connectivity index (χ0n) is 15.9. The van der Waals surface area contributed by atoms with Crippen molar-refractivity contribution in [2.24, 2.45) is 0 Å². The molecule has 0 aliphatic heterocycles. The first-order chi connectivity index (χ1) is 12.6. The number of nitrogens with one attached hydrogen (secondary N) is 3. The van der Waals surface area contributed by atoms with Gasteiger partial charge in [-0.25, -0.2) is 0 Å². The van der Waals surface area contributed by atoms with Crippen LogP contribution in [-0.4, -0.2) is 53.0 Å². The molecule has 0 fully saturated rings. The first kappa shape index (κ1) is 21.0. The third-order valence-corrected chi connectivity index (χ3v) is 3.96. The van der Waals surface area contributed by atoms with E-state index in [1.54, 1.807) is 26.0 Å². The Morgan fingerprint density at radius 1 is 1.19 bits per heavy atom. The van der Waals surface area contributed by atoms with Crippen molar-refractivity contribution in [1.82, 2.24) is 15.2 Å². The van der Waals surface area contributed by atoms with E-state index in [4.69, 9.17) is 11.6 Å². The van der Waals surface area contributed by atoms with Crippen LogP contribution < -0.4 is 10.6 Å². The highest BCUT2D eigenvalue weighted by atomic mass is 35.5. The largest absolute Gasteiger partial charge is 0.394 e. The van der Waals surface area contributed by atoms with Crippen molar-refractivity contribution >= 4 is 29.1 Å². The third-order valence-electron chi connectivity index (χ3n) is 3.74. The predicted molar refractivity (Wildman–Crippen MR) is 106 cm³/mol. The van der Waals surface area contributed by atoms with Crippen LogP contribution in [0.2, 0.25) is 5.02 Å². The van der Waals surface area contributed by atoms with E-state index in [0.29, 0.717) is 28.5 Å². The smallest absolute Gasteiger partial charge is 0.272 e. The van der Waals surface area contributed by atoms with Crippen LogP contribution in [0.15, 0.2) is 30.3 Å². The Bertz CT molecular complexity index is 830. The quantitative estimate of drug-likeness (QED) is 0.582. The number of aliphatic hydroxyl groups is 1. The lowest BCUT2D eigenvalue weighted by molar-refractivity contribution is 0.0868. The number of H-pyrrole nitrogens is 1. The molecule has 2 amide bonds. The summed E-state index contributed by atoms with van der Waals surface area (Å²) in [5.41, 5.74) is 1.26. The molecule has 0 aliphatic carbocycles. The van der Waals surface area contributed by atoms with Crippen molar-refractivity contribution in [3.05, 3.63) is 52.3 Å². The van der Waals surface area contributed by atoms with Crippen LogP contribution in [0.3, 0.4) is 0 Å². The highest BCUT2D eigenvalue weighted by Crippen LogP contribution is 2.20. The molecule has 8 heteroatoms. The molecule has 0 spiro atoms. The minimum Gasteiger partial charge on any atom is -0.394 e. The number of amides is 2. The van der Waals surface area contributed by atoms with Gasteiger partial charge in [0, 0.05) is 28.5 Å². The fourth-order valence-corrected chi connectivity index (χ4v) is 2.65. The fraction of sp³-hybridized carbons (Fsp3) is 0.368. The van der Waals surface area contributed by atoms with Gasteiger partial charge in [0.15, 0.2) is 0 Å². The van der Waals surface area contributed by atoms with E-state index in [1.165, 1.54) is 12.1 Å². The van der Waals surface area contributed by atoms with Crippen LogP contribution in [0.4, 0.5) is 5.69 Å². The van der Waals surface area contributed by atoms with E-state index < -0.39 is 5.54 Å². The Morgan fingerprint density at radius 3 is 2.52 bits per heavy atom. The van der Waals surface area contributed by atoms with Gasteiger partial charge in [-0.15, -0.1) is 0 Å². The highest BCUT2D eigenvalue weighted by Gasteiger charge is 2.21. The van der Waals surface area contributed by atoms with Crippen LogP contribution in [-0.2, 0) is 6.54 Å². The van der Waals surface area contributed by atoms with Gasteiger partial charge < -0.3 is 25.6 Å². The molecule has 0 saturated heterocycles. The van der Waals surface area contributed by atoms with Gasteiger partial charge in [-0.05, 0) is 58.3 Å². The number of carbonyl (C=O) groups is 2. The number of hydrogen-bond acceptors (Lipinski definition) is 4. The van der Waals surface area contributed by atoms with E-state index in [-0.39, 0.29) is 18.4 Å². The summed E-state index contributed by atoms with van der Waals surface area (Å²) in [6.07, 6.45) is 0. The second-order valence-corrected chi connectivity index (χ2v) is 7.75. The summed E-state index contributed by atoms with van der Waals surface area (Å²) < 4.78 is 0. The first-order valence-corrected chi connectivity index (χ1v) is 8.85. The molecule has 7 nitrogen and oxygen atoms in total. The summed E-state index contributed by atoms with van der Waals surface area (Å²) in [7, 11) is 3.88.